The number of rotatable bonds is 7. The number of nitrogens with one attached hydrogen (secondary N) is 1. The number of ether oxygens (including phenoxy) is 1. The molecule has 1 atom stereocenters. The second-order valence-electron chi connectivity index (χ2n) is 5.82. The fourth-order valence-corrected chi connectivity index (χ4v) is 3.01. The van der Waals surface area contributed by atoms with Crippen molar-refractivity contribution in [2.75, 3.05) is 32.1 Å². The molecule has 1 saturated heterocycles. The van der Waals surface area contributed by atoms with Gasteiger partial charge in [0.2, 0.25) is 5.91 Å². The van der Waals surface area contributed by atoms with Crippen LogP contribution in [0.1, 0.15) is 25.7 Å². The normalized spacial score (nSPS) is 18.2. The Balaban J connectivity index is 2.05. The van der Waals surface area contributed by atoms with E-state index in [1.165, 1.54) is 19.2 Å². The molecule has 2 rings (SSSR count). The molecular formula is C16H23N3O5. The molecule has 1 aromatic carbocycles. The summed E-state index contributed by atoms with van der Waals surface area (Å²) in [4.78, 5) is 24.9. The highest BCUT2D eigenvalue weighted by Gasteiger charge is 2.25. The highest BCUT2D eigenvalue weighted by atomic mass is 16.6. The number of nitro benzene ring substituents is 1. The Labute approximate surface area is 140 Å². The topological polar surface area (TPSA) is 105 Å². The van der Waals surface area contributed by atoms with Gasteiger partial charge in [-0.1, -0.05) is 6.42 Å². The van der Waals surface area contributed by atoms with Crippen molar-refractivity contribution >= 4 is 17.3 Å². The van der Waals surface area contributed by atoms with E-state index < -0.39 is 4.92 Å². The van der Waals surface area contributed by atoms with Crippen molar-refractivity contribution in [2.45, 2.75) is 31.7 Å². The first-order chi connectivity index (χ1) is 11.5. The van der Waals surface area contributed by atoms with Crippen molar-refractivity contribution in [3.05, 3.63) is 28.3 Å². The van der Waals surface area contributed by atoms with Crippen LogP contribution in [0, 0.1) is 10.1 Å². The third kappa shape index (κ3) is 4.65. The van der Waals surface area contributed by atoms with Gasteiger partial charge in [0.15, 0.2) is 0 Å². The van der Waals surface area contributed by atoms with E-state index in [4.69, 9.17) is 9.84 Å². The summed E-state index contributed by atoms with van der Waals surface area (Å²) >= 11 is 0. The molecule has 2 N–H and O–H groups in total. The van der Waals surface area contributed by atoms with E-state index in [0.29, 0.717) is 12.2 Å². The molecule has 1 amide bonds. The van der Waals surface area contributed by atoms with Gasteiger partial charge in [-0.3, -0.25) is 19.8 Å². The summed E-state index contributed by atoms with van der Waals surface area (Å²) in [6.07, 6.45) is 3.69. The maximum Gasteiger partial charge on any atom is 0.296 e. The number of nitrogens with zero attached hydrogens (tertiary/aromatic N) is 2. The van der Waals surface area contributed by atoms with Crippen LogP contribution in [0.4, 0.5) is 11.4 Å². The number of amides is 1. The summed E-state index contributed by atoms with van der Waals surface area (Å²) in [6, 6.07) is 4.50. The van der Waals surface area contributed by atoms with Crippen molar-refractivity contribution in [2.24, 2.45) is 0 Å². The molecule has 0 radical (unpaired) electrons. The summed E-state index contributed by atoms with van der Waals surface area (Å²) in [5.74, 6) is 0.0619. The lowest BCUT2D eigenvalue weighted by Gasteiger charge is -2.34. The van der Waals surface area contributed by atoms with Gasteiger partial charge < -0.3 is 15.2 Å². The number of anilines is 1. The molecule has 1 aliphatic rings. The van der Waals surface area contributed by atoms with Gasteiger partial charge in [-0.15, -0.1) is 0 Å². The molecule has 0 unspecified atom stereocenters. The van der Waals surface area contributed by atoms with Crippen molar-refractivity contribution in [3.63, 3.8) is 0 Å². The second-order valence-corrected chi connectivity index (χ2v) is 5.82. The third-order valence-corrected chi connectivity index (χ3v) is 4.23. The predicted octanol–water partition coefficient (Wildman–Crippen LogP) is 1.78. The minimum absolute atomic E-state index is 0.0900. The van der Waals surface area contributed by atoms with E-state index >= 15 is 0 Å². The molecule has 0 saturated carbocycles. The number of hydrogen-bond donors (Lipinski definition) is 2. The van der Waals surface area contributed by atoms with Crippen molar-refractivity contribution in [3.8, 4) is 5.75 Å². The van der Waals surface area contributed by atoms with E-state index in [9.17, 15) is 14.9 Å². The fraction of sp³-hybridized carbons (Fsp3) is 0.562. The number of benzene rings is 1. The quantitative estimate of drug-likeness (QED) is 0.580. The average molecular weight is 337 g/mol. The number of aliphatic hydroxyl groups excluding tert-OH is 1. The molecule has 24 heavy (non-hydrogen) atoms. The number of carbonyl (C=O) groups excluding carboxylic acids is 1. The Kier molecular flexibility index (Phi) is 6.51. The summed E-state index contributed by atoms with van der Waals surface area (Å²) in [5.41, 5.74) is -0.0465. The highest BCUT2D eigenvalue weighted by Crippen LogP contribution is 2.29. The number of carbonyl (C=O) groups is 1. The summed E-state index contributed by atoms with van der Waals surface area (Å²) in [7, 11) is 1.43. The number of likely N-dealkylation sites (tertiary alicyclic amines) is 1. The molecule has 1 heterocycles. The van der Waals surface area contributed by atoms with Crippen molar-refractivity contribution < 1.29 is 19.6 Å². The highest BCUT2D eigenvalue weighted by molar-refractivity contribution is 5.94. The molecule has 1 fully saturated rings. The van der Waals surface area contributed by atoms with Crippen molar-refractivity contribution in [1.82, 2.24) is 4.90 Å². The third-order valence-electron chi connectivity index (χ3n) is 4.23. The second kappa shape index (κ2) is 8.60. The first-order valence-corrected chi connectivity index (χ1v) is 8.02. The number of methoxy groups -OCH3 is 1. The SMILES string of the molecule is COc1ccc(NC(=O)CN2CCCC[C@H]2CCO)c([N+](=O)[O-])c1. The zero-order valence-electron chi connectivity index (χ0n) is 13.7. The molecular weight excluding hydrogens is 314 g/mol. The van der Waals surface area contributed by atoms with Crippen molar-refractivity contribution in [1.29, 1.82) is 0 Å². The first-order valence-electron chi connectivity index (χ1n) is 8.02. The van der Waals surface area contributed by atoms with E-state index in [1.54, 1.807) is 6.07 Å². The molecule has 0 bridgehead atoms. The molecule has 1 aliphatic heterocycles. The van der Waals surface area contributed by atoms with Gasteiger partial charge in [0.25, 0.3) is 5.69 Å². The summed E-state index contributed by atoms with van der Waals surface area (Å²) in [6.45, 7) is 1.05. The Bertz CT molecular complexity index is 591. The maximum atomic E-state index is 12.3. The number of nitro groups is 1. The molecule has 1 aromatic rings. The molecule has 8 nitrogen and oxygen atoms in total. The van der Waals surface area contributed by atoms with Gasteiger partial charge in [0.05, 0.1) is 24.6 Å². The minimum Gasteiger partial charge on any atom is -0.496 e. The lowest BCUT2D eigenvalue weighted by molar-refractivity contribution is -0.384. The Hall–Kier alpha value is -2.19. The van der Waals surface area contributed by atoms with E-state index in [-0.39, 0.29) is 36.5 Å². The predicted molar refractivity (Wildman–Crippen MR) is 89.2 cm³/mol. The van der Waals surface area contributed by atoms with Crippen LogP contribution in [0.25, 0.3) is 0 Å². The van der Waals surface area contributed by atoms with E-state index in [1.807, 2.05) is 4.90 Å². The monoisotopic (exact) mass is 337 g/mol. The van der Waals surface area contributed by atoms with Gasteiger partial charge in [-0.05, 0) is 37.9 Å². The van der Waals surface area contributed by atoms with Gasteiger partial charge in [0, 0.05) is 12.6 Å². The fourth-order valence-electron chi connectivity index (χ4n) is 3.01. The maximum absolute atomic E-state index is 12.3. The van der Waals surface area contributed by atoms with Gasteiger partial charge >= 0.3 is 0 Å². The van der Waals surface area contributed by atoms with Gasteiger partial charge in [0.1, 0.15) is 11.4 Å². The van der Waals surface area contributed by atoms with Crippen LogP contribution in [-0.2, 0) is 4.79 Å². The zero-order valence-corrected chi connectivity index (χ0v) is 13.7. The van der Waals surface area contributed by atoms with Crippen LogP contribution < -0.4 is 10.1 Å². The first kappa shape index (κ1) is 18.2. The minimum atomic E-state index is -0.548. The lowest BCUT2D eigenvalue weighted by Crippen LogP contribution is -2.44. The van der Waals surface area contributed by atoms with Gasteiger partial charge in [-0.25, -0.2) is 0 Å². The zero-order chi connectivity index (χ0) is 17.5. The lowest BCUT2D eigenvalue weighted by atomic mass is 9.99. The van der Waals surface area contributed by atoms with Crippen LogP contribution >= 0.6 is 0 Å². The van der Waals surface area contributed by atoms with Gasteiger partial charge in [-0.2, -0.15) is 0 Å². The van der Waals surface area contributed by atoms with E-state index in [2.05, 4.69) is 5.32 Å². The number of piperidine rings is 1. The Morgan fingerprint density at radius 1 is 1.50 bits per heavy atom. The number of hydrogen-bond acceptors (Lipinski definition) is 6. The molecule has 132 valence electrons. The standard InChI is InChI=1S/C16H23N3O5/c1-24-13-5-6-14(15(10-13)19(22)23)17-16(21)11-18-8-3-2-4-12(18)7-9-20/h5-6,10,12,20H,2-4,7-9,11H2,1H3,(H,17,21)/t12-/m0/s1. The Morgan fingerprint density at radius 2 is 2.29 bits per heavy atom. The molecule has 0 aliphatic carbocycles. The van der Waals surface area contributed by atoms with Crippen LogP contribution in [0.2, 0.25) is 0 Å². The summed E-state index contributed by atoms with van der Waals surface area (Å²) < 4.78 is 4.98. The van der Waals surface area contributed by atoms with Crippen LogP contribution in [0.15, 0.2) is 18.2 Å². The smallest absolute Gasteiger partial charge is 0.296 e. The van der Waals surface area contributed by atoms with E-state index in [0.717, 1.165) is 25.8 Å². The Morgan fingerprint density at radius 3 is 2.96 bits per heavy atom. The summed E-state index contributed by atoms with van der Waals surface area (Å²) in [5, 5.41) is 22.9. The molecule has 0 spiro atoms. The van der Waals surface area contributed by atoms with Crippen LogP contribution in [0.5, 0.6) is 5.75 Å². The molecule has 0 aromatic heterocycles. The largest absolute Gasteiger partial charge is 0.496 e. The molecule has 8 heteroatoms. The average Bonchev–Trinajstić information content (AvgIpc) is 2.57. The van der Waals surface area contributed by atoms with Crippen LogP contribution in [-0.4, -0.2) is 53.7 Å². The van der Waals surface area contributed by atoms with Crippen LogP contribution in [0.3, 0.4) is 0 Å². The number of aliphatic hydroxyl groups is 1.